The third-order valence-electron chi connectivity index (χ3n) is 4.11. The summed E-state index contributed by atoms with van der Waals surface area (Å²) in [5.74, 6) is 7.13. The molecule has 4 rings (SSSR count). The van der Waals surface area contributed by atoms with E-state index in [9.17, 15) is 0 Å². The van der Waals surface area contributed by atoms with E-state index in [1.165, 1.54) is 6.42 Å². The summed E-state index contributed by atoms with van der Waals surface area (Å²) in [5.41, 5.74) is 1.70. The fraction of sp³-hybridized carbons (Fsp3) is 0.294. The maximum atomic E-state index is 4.34. The second-order valence-corrected chi connectivity index (χ2v) is 5.54. The van der Waals surface area contributed by atoms with Gasteiger partial charge in [0.1, 0.15) is 5.69 Å². The predicted molar refractivity (Wildman–Crippen MR) is 82.0 cm³/mol. The number of nitrogens with zero attached hydrogens (tertiary/aromatic N) is 3. The lowest BCUT2D eigenvalue weighted by atomic mass is 10.2. The number of hydrogen-bond acceptors (Lipinski definition) is 4. The van der Waals surface area contributed by atoms with E-state index in [0.717, 1.165) is 24.5 Å². The highest BCUT2D eigenvalue weighted by molar-refractivity contribution is 5.45. The number of fused-ring (bicyclic) bond motifs is 2. The Morgan fingerprint density at radius 2 is 1.95 bits per heavy atom. The molecule has 4 heteroatoms. The van der Waals surface area contributed by atoms with E-state index in [4.69, 9.17) is 0 Å². The van der Waals surface area contributed by atoms with Gasteiger partial charge in [-0.2, -0.15) is 0 Å². The first kappa shape index (κ1) is 12.4. The van der Waals surface area contributed by atoms with E-state index in [1.54, 1.807) is 0 Å². The Balaban J connectivity index is 1.51. The average Bonchev–Trinajstić information content (AvgIpc) is 3.17. The molecule has 2 aliphatic rings. The number of aromatic nitrogens is 2. The van der Waals surface area contributed by atoms with Crippen LogP contribution in [0.25, 0.3) is 0 Å². The van der Waals surface area contributed by atoms with Crippen LogP contribution < -0.4 is 10.2 Å². The number of benzene rings is 1. The summed E-state index contributed by atoms with van der Waals surface area (Å²) in [5, 5.41) is 12.1. The molecule has 1 aromatic carbocycles. The molecule has 104 valence electrons. The Bertz CT molecular complexity index is 684. The molecule has 0 saturated carbocycles. The van der Waals surface area contributed by atoms with Gasteiger partial charge in [0.2, 0.25) is 0 Å². The minimum atomic E-state index is 0.575. The highest BCUT2D eigenvalue weighted by atomic mass is 15.3. The van der Waals surface area contributed by atoms with Crippen LogP contribution in [0.5, 0.6) is 0 Å². The number of rotatable bonds is 1. The summed E-state index contributed by atoms with van der Waals surface area (Å²) in [6, 6.07) is 15.1. The van der Waals surface area contributed by atoms with Crippen molar-refractivity contribution >= 4 is 5.82 Å². The normalized spacial score (nSPS) is 23.0. The van der Waals surface area contributed by atoms with E-state index in [0.29, 0.717) is 17.8 Å². The Morgan fingerprint density at radius 3 is 2.62 bits per heavy atom. The lowest BCUT2D eigenvalue weighted by molar-refractivity contribution is 0.574. The van der Waals surface area contributed by atoms with Gasteiger partial charge < -0.3 is 10.2 Å². The summed E-state index contributed by atoms with van der Waals surface area (Å²) in [4.78, 5) is 2.35. The van der Waals surface area contributed by atoms with E-state index in [2.05, 4.69) is 32.3 Å². The minimum Gasteiger partial charge on any atom is -0.349 e. The summed E-state index contributed by atoms with van der Waals surface area (Å²) < 4.78 is 0. The van der Waals surface area contributed by atoms with Crippen LogP contribution in [-0.2, 0) is 0 Å². The molecule has 0 unspecified atom stereocenters. The van der Waals surface area contributed by atoms with Crippen molar-refractivity contribution in [1.29, 1.82) is 0 Å². The molecule has 2 bridgehead atoms. The Kier molecular flexibility index (Phi) is 3.06. The fourth-order valence-electron chi connectivity index (χ4n) is 3.04. The van der Waals surface area contributed by atoms with Crippen LogP contribution in [0, 0.1) is 11.8 Å². The Morgan fingerprint density at radius 1 is 1.05 bits per heavy atom. The van der Waals surface area contributed by atoms with E-state index < -0.39 is 0 Å². The highest BCUT2D eigenvalue weighted by Gasteiger charge is 2.38. The van der Waals surface area contributed by atoms with Crippen LogP contribution in [0.1, 0.15) is 17.7 Å². The topological polar surface area (TPSA) is 41.0 Å². The van der Waals surface area contributed by atoms with Gasteiger partial charge in [-0.3, -0.25) is 0 Å². The molecular formula is C17H16N4. The second-order valence-electron chi connectivity index (χ2n) is 5.54. The van der Waals surface area contributed by atoms with E-state index >= 15 is 0 Å². The molecule has 0 amide bonds. The smallest absolute Gasteiger partial charge is 0.151 e. The SMILES string of the molecule is C(#Cc1ccc(N2C[C@@H]3C[C@@H]2CN3)nn1)c1ccccc1. The second kappa shape index (κ2) is 5.19. The van der Waals surface area contributed by atoms with Crippen LogP contribution >= 0.6 is 0 Å². The van der Waals surface area contributed by atoms with Crippen LogP contribution in [0.4, 0.5) is 5.82 Å². The lowest BCUT2D eigenvalue weighted by Gasteiger charge is -2.27. The summed E-state index contributed by atoms with van der Waals surface area (Å²) in [7, 11) is 0. The standard InChI is InChI=1S/C17H16N4/c1-2-4-13(5-3-1)6-7-14-8-9-17(20-19-14)21-12-15-10-16(21)11-18-15/h1-5,8-9,15-16,18H,10-12H2/t15-,16+/m0/s1. The molecule has 0 radical (unpaired) electrons. The maximum absolute atomic E-state index is 4.34. The molecule has 21 heavy (non-hydrogen) atoms. The van der Waals surface area contributed by atoms with Gasteiger partial charge in [0.05, 0.1) is 0 Å². The average molecular weight is 276 g/mol. The van der Waals surface area contributed by atoms with Crippen molar-refractivity contribution in [2.45, 2.75) is 18.5 Å². The summed E-state index contributed by atoms with van der Waals surface area (Å²) in [6.45, 7) is 2.09. The molecule has 2 aliphatic heterocycles. The monoisotopic (exact) mass is 276 g/mol. The van der Waals surface area contributed by atoms with Gasteiger partial charge in [-0.15, -0.1) is 10.2 Å². The van der Waals surface area contributed by atoms with Crippen molar-refractivity contribution < 1.29 is 0 Å². The van der Waals surface area contributed by atoms with Crippen molar-refractivity contribution in [1.82, 2.24) is 15.5 Å². The lowest BCUT2D eigenvalue weighted by Crippen LogP contribution is -2.44. The molecule has 0 aliphatic carbocycles. The molecular weight excluding hydrogens is 260 g/mol. The first-order valence-electron chi connectivity index (χ1n) is 7.29. The van der Waals surface area contributed by atoms with Gasteiger partial charge in [-0.05, 0) is 36.6 Å². The zero-order chi connectivity index (χ0) is 14.1. The van der Waals surface area contributed by atoms with Gasteiger partial charge in [0.15, 0.2) is 5.82 Å². The quantitative estimate of drug-likeness (QED) is 0.800. The molecule has 1 aromatic heterocycles. The molecule has 1 N–H and O–H groups in total. The van der Waals surface area contributed by atoms with Crippen LogP contribution in [0.2, 0.25) is 0 Å². The minimum absolute atomic E-state index is 0.575. The number of anilines is 1. The zero-order valence-corrected chi connectivity index (χ0v) is 11.7. The molecule has 3 heterocycles. The van der Waals surface area contributed by atoms with Gasteiger partial charge in [0, 0.05) is 30.7 Å². The van der Waals surface area contributed by atoms with Crippen molar-refractivity contribution in [3.05, 3.63) is 53.7 Å². The maximum Gasteiger partial charge on any atom is 0.151 e. The summed E-state index contributed by atoms with van der Waals surface area (Å²) >= 11 is 0. The number of nitrogens with one attached hydrogen (secondary N) is 1. The molecule has 2 aromatic rings. The van der Waals surface area contributed by atoms with E-state index in [-0.39, 0.29) is 0 Å². The third kappa shape index (κ3) is 2.48. The van der Waals surface area contributed by atoms with Crippen LogP contribution in [-0.4, -0.2) is 35.4 Å². The number of hydrogen-bond donors (Lipinski definition) is 1. The largest absolute Gasteiger partial charge is 0.349 e. The molecule has 2 atom stereocenters. The van der Waals surface area contributed by atoms with Crippen molar-refractivity contribution in [3.8, 4) is 11.8 Å². The van der Waals surface area contributed by atoms with Gasteiger partial charge in [0.25, 0.3) is 0 Å². The third-order valence-corrected chi connectivity index (χ3v) is 4.11. The van der Waals surface area contributed by atoms with Gasteiger partial charge >= 0.3 is 0 Å². The zero-order valence-electron chi connectivity index (χ0n) is 11.7. The molecule has 4 nitrogen and oxygen atoms in total. The molecule has 0 spiro atoms. The van der Waals surface area contributed by atoms with Crippen molar-refractivity contribution in [2.24, 2.45) is 0 Å². The highest BCUT2D eigenvalue weighted by Crippen LogP contribution is 2.27. The van der Waals surface area contributed by atoms with Crippen LogP contribution in [0.3, 0.4) is 0 Å². The first-order valence-corrected chi connectivity index (χ1v) is 7.29. The van der Waals surface area contributed by atoms with Crippen molar-refractivity contribution in [2.75, 3.05) is 18.0 Å². The van der Waals surface area contributed by atoms with Crippen LogP contribution in [0.15, 0.2) is 42.5 Å². The van der Waals surface area contributed by atoms with Crippen molar-refractivity contribution in [3.63, 3.8) is 0 Å². The summed E-state index contributed by atoms with van der Waals surface area (Å²) in [6.07, 6.45) is 1.22. The predicted octanol–water partition coefficient (Wildman–Crippen LogP) is 1.43. The molecule has 2 saturated heterocycles. The fourth-order valence-corrected chi connectivity index (χ4v) is 3.04. The Labute approximate surface area is 124 Å². The van der Waals surface area contributed by atoms with Gasteiger partial charge in [-0.1, -0.05) is 24.1 Å². The van der Waals surface area contributed by atoms with Gasteiger partial charge in [-0.25, -0.2) is 0 Å². The molecule has 2 fully saturated rings. The first-order chi connectivity index (χ1) is 10.4. The van der Waals surface area contributed by atoms with E-state index in [1.807, 2.05) is 42.5 Å². The number of piperazine rings is 1. The Hall–Kier alpha value is -2.38.